The van der Waals surface area contributed by atoms with E-state index in [1.165, 1.54) is 0 Å². The number of nitrogens with zero attached hydrogens (tertiary/aromatic N) is 1. The van der Waals surface area contributed by atoms with E-state index < -0.39 is 17.1 Å². The van der Waals surface area contributed by atoms with Gasteiger partial charge in [0, 0.05) is 6.20 Å². The second-order valence-corrected chi connectivity index (χ2v) is 1.74. The van der Waals surface area contributed by atoms with Gasteiger partial charge in [0.05, 0.1) is 0 Å². The summed E-state index contributed by atoms with van der Waals surface area (Å²) in [6, 6.07) is 0. The Morgan fingerprint density at radius 3 is 1.77 bits per heavy atom. The van der Waals surface area contributed by atoms with E-state index in [0.717, 1.165) is 6.20 Å². The van der Waals surface area contributed by atoms with Gasteiger partial charge in [-0.25, -0.2) is 19.0 Å². The second-order valence-electron chi connectivity index (χ2n) is 1.74. The van der Waals surface area contributed by atoms with E-state index in [2.05, 4.69) is 19.7 Å². The molecule has 0 saturated heterocycles. The van der Waals surface area contributed by atoms with E-state index in [4.69, 9.17) is 0 Å². The summed E-state index contributed by atoms with van der Waals surface area (Å²) in [7, 11) is 0. The molecule has 0 unspecified atom stereocenters. The van der Waals surface area contributed by atoms with Gasteiger partial charge in [-0.2, -0.15) is 0 Å². The van der Waals surface area contributed by atoms with Gasteiger partial charge in [-0.15, -0.1) is 13.2 Å². The first-order valence-electron chi connectivity index (χ1n) is 3.23. The molecule has 0 aliphatic carbocycles. The predicted octanol–water partition coefficient (Wildman–Crippen LogP) is -0.872. The smallest absolute Gasteiger partial charge is 0.259 e. The highest BCUT2D eigenvalue weighted by atomic mass is 16.2. The van der Waals surface area contributed by atoms with Crippen LogP contribution in [0.3, 0.4) is 0 Å². The molecule has 0 radical (unpaired) electrons. The first-order valence-corrected chi connectivity index (χ1v) is 3.23. The van der Waals surface area contributed by atoms with E-state index in [1.54, 1.807) is 0 Å². The highest BCUT2D eigenvalue weighted by Gasteiger charge is 1.95. The number of aromatic nitrogens is 3. The average molecular weight is 183 g/mol. The van der Waals surface area contributed by atoms with Crippen molar-refractivity contribution in [1.29, 1.82) is 0 Å². The van der Waals surface area contributed by atoms with Crippen molar-refractivity contribution in [2.45, 2.75) is 0 Å². The first kappa shape index (κ1) is 10.9. The minimum absolute atomic E-state index is 0.654. The van der Waals surface area contributed by atoms with Crippen molar-refractivity contribution in [3.8, 4) is 0 Å². The van der Waals surface area contributed by atoms with Gasteiger partial charge in [-0.3, -0.25) is 9.97 Å². The fourth-order valence-electron chi connectivity index (χ4n) is 0.604. The van der Waals surface area contributed by atoms with Crippen molar-refractivity contribution >= 4 is 6.20 Å². The molecule has 1 aromatic rings. The van der Waals surface area contributed by atoms with E-state index in [-0.39, 0.29) is 0 Å². The SMILES string of the molecule is C=C.C=Cn1c(=O)[nH]c(=O)[nH]c1=O. The Bertz CT molecular complexity index is 417. The van der Waals surface area contributed by atoms with Gasteiger partial charge in [0.25, 0.3) is 0 Å². The van der Waals surface area contributed by atoms with Crippen LogP contribution in [-0.2, 0) is 0 Å². The molecule has 2 N–H and O–H groups in total. The second kappa shape index (κ2) is 4.70. The molecule has 6 nitrogen and oxygen atoms in total. The highest BCUT2D eigenvalue weighted by Crippen LogP contribution is 1.59. The summed E-state index contributed by atoms with van der Waals surface area (Å²) in [5, 5.41) is 0. The molecule has 0 aliphatic heterocycles. The van der Waals surface area contributed by atoms with E-state index in [9.17, 15) is 14.4 Å². The molecule has 0 spiro atoms. The molecular formula is C7H9N3O3. The molecule has 0 aliphatic rings. The average Bonchev–Trinajstić information content (AvgIpc) is 2.07. The van der Waals surface area contributed by atoms with Crippen molar-refractivity contribution in [2.24, 2.45) is 0 Å². The maximum atomic E-state index is 10.7. The molecule has 0 amide bonds. The van der Waals surface area contributed by atoms with Crippen LogP contribution in [0.1, 0.15) is 0 Å². The van der Waals surface area contributed by atoms with Crippen LogP contribution in [0, 0.1) is 0 Å². The quantitative estimate of drug-likeness (QED) is 0.554. The summed E-state index contributed by atoms with van der Waals surface area (Å²) in [4.78, 5) is 35.5. The summed E-state index contributed by atoms with van der Waals surface area (Å²) < 4.78 is 0.654. The lowest BCUT2D eigenvalue weighted by molar-refractivity contribution is 0.814. The minimum atomic E-state index is -0.821. The monoisotopic (exact) mass is 183 g/mol. The Morgan fingerprint density at radius 2 is 1.46 bits per heavy atom. The number of H-pyrrole nitrogens is 2. The number of hydrogen-bond acceptors (Lipinski definition) is 3. The lowest BCUT2D eigenvalue weighted by Crippen LogP contribution is -2.40. The third-order valence-electron chi connectivity index (χ3n) is 1.06. The predicted molar refractivity (Wildman–Crippen MR) is 49.6 cm³/mol. The third kappa shape index (κ3) is 2.44. The molecule has 0 atom stereocenters. The molecule has 1 rings (SSSR count). The fourth-order valence-corrected chi connectivity index (χ4v) is 0.604. The lowest BCUT2D eigenvalue weighted by atomic mass is 10.8. The zero-order valence-electron chi connectivity index (χ0n) is 6.87. The van der Waals surface area contributed by atoms with Crippen LogP contribution >= 0.6 is 0 Å². The minimum Gasteiger partial charge on any atom is -0.259 e. The normalized spacial score (nSPS) is 8.31. The molecule has 70 valence electrons. The van der Waals surface area contributed by atoms with Crippen molar-refractivity contribution in [2.75, 3.05) is 0 Å². The van der Waals surface area contributed by atoms with Crippen LogP contribution < -0.4 is 17.1 Å². The van der Waals surface area contributed by atoms with Gasteiger partial charge >= 0.3 is 17.1 Å². The van der Waals surface area contributed by atoms with Crippen molar-refractivity contribution in [1.82, 2.24) is 14.5 Å². The Balaban J connectivity index is 0.000000671. The topological polar surface area (TPSA) is 87.7 Å². The first-order chi connectivity index (χ1) is 6.15. The summed E-state index contributed by atoms with van der Waals surface area (Å²) in [5.74, 6) is 0. The van der Waals surface area contributed by atoms with Crippen LogP contribution in [0.4, 0.5) is 0 Å². The number of nitrogens with one attached hydrogen (secondary N) is 2. The van der Waals surface area contributed by atoms with Crippen LogP contribution in [-0.4, -0.2) is 14.5 Å². The van der Waals surface area contributed by atoms with Gasteiger partial charge in [-0.1, -0.05) is 6.58 Å². The van der Waals surface area contributed by atoms with Crippen LogP contribution in [0.5, 0.6) is 0 Å². The molecule has 0 saturated carbocycles. The Morgan fingerprint density at radius 1 is 1.08 bits per heavy atom. The van der Waals surface area contributed by atoms with Crippen molar-refractivity contribution < 1.29 is 0 Å². The van der Waals surface area contributed by atoms with E-state index >= 15 is 0 Å². The van der Waals surface area contributed by atoms with E-state index in [0.29, 0.717) is 4.57 Å². The molecule has 0 aromatic carbocycles. The lowest BCUT2D eigenvalue weighted by Gasteiger charge is -1.90. The van der Waals surface area contributed by atoms with Gasteiger partial charge in [0.1, 0.15) is 0 Å². The highest BCUT2D eigenvalue weighted by molar-refractivity contribution is 5.12. The van der Waals surface area contributed by atoms with Gasteiger partial charge < -0.3 is 0 Å². The van der Waals surface area contributed by atoms with Crippen LogP contribution in [0.25, 0.3) is 6.20 Å². The maximum absolute atomic E-state index is 10.7. The standard InChI is InChI=1S/C5H5N3O3.C2H4/c1-2-8-4(10)6-3(9)7-5(8)11;1-2/h2H,1H2,(H2,6,7,9,10,11);1-2H2. The zero-order chi connectivity index (χ0) is 10.4. The summed E-state index contributed by atoms with van der Waals surface area (Å²) in [5.41, 5.74) is -2.42. The summed E-state index contributed by atoms with van der Waals surface area (Å²) in [6.45, 7) is 9.20. The van der Waals surface area contributed by atoms with Gasteiger partial charge in [-0.05, 0) is 0 Å². The third-order valence-corrected chi connectivity index (χ3v) is 1.06. The molecule has 13 heavy (non-hydrogen) atoms. The van der Waals surface area contributed by atoms with Gasteiger partial charge in [0.2, 0.25) is 0 Å². The summed E-state index contributed by atoms with van der Waals surface area (Å²) >= 11 is 0. The number of hydrogen-bond donors (Lipinski definition) is 2. The molecule has 0 fully saturated rings. The van der Waals surface area contributed by atoms with Crippen molar-refractivity contribution in [3.63, 3.8) is 0 Å². The van der Waals surface area contributed by atoms with Gasteiger partial charge in [0.15, 0.2) is 0 Å². The van der Waals surface area contributed by atoms with Crippen LogP contribution in [0.2, 0.25) is 0 Å². The molecular weight excluding hydrogens is 174 g/mol. The molecule has 0 bridgehead atoms. The Hall–Kier alpha value is -2.11. The van der Waals surface area contributed by atoms with Crippen molar-refractivity contribution in [3.05, 3.63) is 51.2 Å². The Kier molecular flexibility index (Phi) is 3.94. The largest absolute Gasteiger partial charge is 0.337 e. The molecule has 1 aromatic heterocycles. The molecule has 1 heterocycles. The van der Waals surface area contributed by atoms with E-state index in [1.807, 2.05) is 9.97 Å². The maximum Gasteiger partial charge on any atom is 0.337 e. The zero-order valence-corrected chi connectivity index (χ0v) is 6.87. The van der Waals surface area contributed by atoms with Crippen LogP contribution in [0.15, 0.2) is 34.1 Å². The number of aromatic amines is 2. The molecule has 6 heteroatoms. The fraction of sp³-hybridized carbons (Fsp3) is 0. The Labute approximate surface area is 72.9 Å². The number of rotatable bonds is 1. The summed E-state index contributed by atoms with van der Waals surface area (Å²) in [6.07, 6.45) is 1.01.